The summed E-state index contributed by atoms with van der Waals surface area (Å²) < 4.78 is 0. The van der Waals surface area contributed by atoms with Crippen LogP contribution < -0.4 is 5.73 Å². The van der Waals surface area contributed by atoms with Crippen LogP contribution in [-0.4, -0.2) is 0 Å². The smallest absolute Gasteiger partial charge is 0.0329 e. The lowest BCUT2D eigenvalue weighted by atomic mass is 10.1. The highest BCUT2D eigenvalue weighted by molar-refractivity contribution is 5.52. The lowest BCUT2D eigenvalue weighted by molar-refractivity contribution is 1.33. The van der Waals surface area contributed by atoms with E-state index in [0.717, 1.165) is 22.4 Å². The van der Waals surface area contributed by atoms with Gasteiger partial charge in [-0.3, -0.25) is 0 Å². The molecule has 0 aliphatic carbocycles. The van der Waals surface area contributed by atoms with Crippen molar-refractivity contribution < 1.29 is 0 Å². The molecule has 0 unspecified atom stereocenters. The van der Waals surface area contributed by atoms with E-state index in [0.29, 0.717) is 0 Å². The standard InChI is InChI=1S/C17H17N/c1-12-8-16(11-17(18)9-12)7-6-15-5-4-13(2)14(3)10-15/h4-5,8-11H,18H2,1-3H3. The van der Waals surface area contributed by atoms with E-state index in [1.54, 1.807) is 0 Å². The largest absolute Gasteiger partial charge is 0.399 e. The van der Waals surface area contributed by atoms with E-state index in [9.17, 15) is 0 Å². The molecule has 0 radical (unpaired) electrons. The molecule has 1 heteroatoms. The molecule has 0 aliphatic heterocycles. The van der Waals surface area contributed by atoms with Crippen molar-refractivity contribution in [1.29, 1.82) is 0 Å². The highest BCUT2D eigenvalue weighted by atomic mass is 14.5. The predicted octanol–water partition coefficient (Wildman–Crippen LogP) is 3.59. The van der Waals surface area contributed by atoms with Crippen LogP contribution in [0.25, 0.3) is 0 Å². The zero-order valence-corrected chi connectivity index (χ0v) is 11.0. The molecule has 0 aromatic heterocycles. The SMILES string of the molecule is Cc1cc(N)cc(C#Cc2ccc(C)c(C)c2)c1. The van der Waals surface area contributed by atoms with E-state index >= 15 is 0 Å². The van der Waals surface area contributed by atoms with Gasteiger partial charge in [0.15, 0.2) is 0 Å². The first-order valence-electron chi connectivity index (χ1n) is 6.01. The van der Waals surface area contributed by atoms with Gasteiger partial charge in [0, 0.05) is 16.8 Å². The van der Waals surface area contributed by atoms with E-state index in [1.807, 2.05) is 25.1 Å². The van der Waals surface area contributed by atoms with Crippen molar-refractivity contribution in [1.82, 2.24) is 0 Å². The van der Waals surface area contributed by atoms with Gasteiger partial charge in [-0.2, -0.15) is 0 Å². The highest BCUT2D eigenvalue weighted by Gasteiger charge is 1.94. The minimum Gasteiger partial charge on any atom is -0.399 e. The average Bonchev–Trinajstić information content (AvgIpc) is 2.29. The second-order valence-electron chi connectivity index (χ2n) is 4.68. The van der Waals surface area contributed by atoms with Gasteiger partial charge in [0.1, 0.15) is 0 Å². The van der Waals surface area contributed by atoms with Crippen molar-refractivity contribution >= 4 is 5.69 Å². The summed E-state index contributed by atoms with van der Waals surface area (Å²) >= 11 is 0. The molecule has 0 bridgehead atoms. The number of rotatable bonds is 0. The van der Waals surface area contributed by atoms with Crippen LogP contribution >= 0.6 is 0 Å². The van der Waals surface area contributed by atoms with Crippen LogP contribution in [0.4, 0.5) is 5.69 Å². The van der Waals surface area contributed by atoms with Crippen molar-refractivity contribution in [2.45, 2.75) is 20.8 Å². The number of hydrogen-bond acceptors (Lipinski definition) is 1. The number of hydrogen-bond donors (Lipinski definition) is 1. The monoisotopic (exact) mass is 235 g/mol. The van der Waals surface area contributed by atoms with Crippen molar-refractivity contribution in [2.24, 2.45) is 0 Å². The van der Waals surface area contributed by atoms with Gasteiger partial charge in [-0.1, -0.05) is 17.9 Å². The summed E-state index contributed by atoms with van der Waals surface area (Å²) in [6.45, 7) is 6.23. The van der Waals surface area contributed by atoms with Crippen LogP contribution in [0.1, 0.15) is 27.8 Å². The molecule has 0 amide bonds. The molecule has 2 rings (SSSR count). The van der Waals surface area contributed by atoms with Gasteiger partial charge in [-0.15, -0.1) is 0 Å². The molecule has 0 saturated heterocycles. The van der Waals surface area contributed by atoms with Crippen LogP contribution in [0.2, 0.25) is 0 Å². The summed E-state index contributed by atoms with van der Waals surface area (Å²) in [5.74, 6) is 6.34. The lowest BCUT2D eigenvalue weighted by Crippen LogP contribution is -1.87. The predicted molar refractivity (Wildman–Crippen MR) is 77.5 cm³/mol. The summed E-state index contributed by atoms with van der Waals surface area (Å²) in [6, 6.07) is 12.2. The molecule has 90 valence electrons. The Morgan fingerprint density at radius 1 is 0.778 bits per heavy atom. The summed E-state index contributed by atoms with van der Waals surface area (Å²) in [5.41, 5.74) is 12.3. The fourth-order valence-electron chi connectivity index (χ4n) is 1.85. The van der Waals surface area contributed by atoms with E-state index in [2.05, 4.69) is 43.9 Å². The topological polar surface area (TPSA) is 26.0 Å². The van der Waals surface area contributed by atoms with Gasteiger partial charge in [0.25, 0.3) is 0 Å². The Kier molecular flexibility index (Phi) is 3.39. The zero-order valence-electron chi connectivity index (χ0n) is 11.0. The summed E-state index contributed by atoms with van der Waals surface area (Å²) in [4.78, 5) is 0. The quantitative estimate of drug-likeness (QED) is 0.548. The number of nitrogen functional groups attached to an aromatic ring is 1. The van der Waals surface area contributed by atoms with Crippen LogP contribution in [0.15, 0.2) is 36.4 Å². The molecular formula is C17H17N. The first-order chi connectivity index (χ1) is 8.54. The maximum absolute atomic E-state index is 5.80. The summed E-state index contributed by atoms with van der Waals surface area (Å²) in [7, 11) is 0. The average molecular weight is 235 g/mol. The van der Waals surface area contributed by atoms with Gasteiger partial charge in [0.2, 0.25) is 0 Å². The van der Waals surface area contributed by atoms with Gasteiger partial charge >= 0.3 is 0 Å². The van der Waals surface area contributed by atoms with Gasteiger partial charge in [-0.25, -0.2) is 0 Å². The Morgan fingerprint density at radius 2 is 1.50 bits per heavy atom. The van der Waals surface area contributed by atoms with E-state index in [-0.39, 0.29) is 0 Å². The molecular weight excluding hydrogens is 218 g/mol. The Hall–Kier alpha value is -2.20. The minimum atomic E-state index is 0.763. The number of nitrogens with two attached hydrogens (primary N) is 1. The Labute approximate surface area is 109 Å². The third-order valence-corrected chi connectivity index (χ3v) is 2.96. The minimum absolute atomic E-state index is 0.763. The molecule has 2 aromatic carbocycles. The fraction of sp³-hybridized carbons (Fsp3) is 0.176. The van der Waals surface area contributed by atoms with E-state index in [1.165, 1.54) is 11.1 Å². The van der Waals surface area contributed by atoms with Crippen LogP contribution in [0.5, 0.6) is 0 Å². The molecule has 0 aliphatic rings. The molecule has 0 atom stereocenters. The molecule has 1 nitrogen and oxygen atoms in total. The molecule has 18 heavy (non-hydrogen) atoms. The Morgan fingerprint density at radius 3 is 2.17 bits per heavy atom. The van der Waals surface area contributed by atoms with Gasteiger partial charge < -0.3 is 5.73 Å². The van der Waals surface area contributed by atoms with Gasteiger partial charge in [0.05, 0.1) is 0 Å². The van der Waals surface area contributed by atoms with Crippen molar-refractivity contribution in [3.05, 3.63) is 64.2 Å². The molecule has 0 heterocycles. The molecule has 2 N–H and O–H groups in total. The number of benzene rings is 2. The second kappa shape index (κ2) is 4.98. The number of aryl methyl sites for hydroxylation is 3. The van der Waals surface area contributed by atoms with Crippen molar-refractivity contribution in [2.75, 3.05) is 5.73 Å². The third kappa shape index (κ3) is 2.93. The van der Waals surface area contributed by atoms with E-state index in [4.69, 9.17) is 5.73 Å². The van der Waals surface area contributed by atoms with Crippen LogP contribution in [0, 0.1) is 32.6 Å². The third-order valence-electron chi connectivity index (χ3n) is 2.96. The van der Waals surface area contributed by atoms with E-state index < -0.39 is 0 Å². The summed E-state index contributed by atoms with van der Waals surface area (Å²) in [6.07, 6.45) is 0. The van der Waals surface area contributed by atoms with Crippen molar-refractivity contribution in [3.63, 3.8) is 0 Å². The second-order valence-corrected chi connectivity index (χ2v) is 4.68. The summed E-state index contributed by atoms with van der Waals surface area (Å²) in [5, 5.41) is 0. The molecule has 0 fully saturated rings. The van der Waals surface area contributed by atoms with Crippen molar-refractivity contribution in [3.8, 4) is 11.8 Å². The fourth-order valence-corrected chi connectivity index (χ4v) is 1.85. The molecule has 0 saturated carbocycles. The van der Waals surface area contributed by atoms with Crippen LogP contribution in [-0.2, 0) is 0 Å². The highest BCUT2D eigenvalue weighted by Crippen LogP contribution is 2.11. The maximum Gasteiger partial charge on any atom is 0.0329 e. The number of anilines is 1. The lowest BCUT2D eigenvalue weighted by Gasteiger charge is -1.99. The first kappa shape index (κ1) is 12.3. The molecule has 0 spiro atoms. The zero-order chi connectivity index (χ0) is 13.1. The molecule has 2 aromatic rings. The first-order valence-corrected chi connectivity index (χ1v) is 6.01. The normalized spacial score (nSPS) is 9.72. The Balaban J connectivity index is 2.33. The van der Waals surface area contributed by atoms with Gasteiger partial charge in [-0.05, 0) is 67.8 Å². The van der Waals surface area contributed by atoms with Crippen LogP contribution in [0.3, 0.4) is 0 Å². The maximum atomic E-state index is 5.80. The Bertz CT molecular complexity index is 622.